The molecule has 0 saturated carbocycles. The van der Waals surface area contributed by atoms with Crippen LogP contribution >= 0.6 is 11.6 Å². The number of aliphatic hydroxyl groups is 1. The molecule has 0 atom stereocenters. The molecule has 0 amide bonds. The van der Waals surface area contributed by atoms with Gasteiger partial charge in [0.2, 0.25) is 0 Å². The first-order valence-electron chi connectivity index (χ1n) is 8.88. The number of sulfonamides is 1. The Morgan fingerprint density at radius 3 is 2.50 bits per heavy atom. The zero-order chi connectivity index (χ0) is 23.5. The molecule has 3 aromatic rings. The van der Waals surface area contributed by atoms with Crippen molar-refractivity contribution >= 4 is 33.3 Å². The van der Waals surface area contributed by atoms with Gasteiger partial charge in [0.25, 0.3) is 10.0 Å². The Bertz CT molecular complexity index is 1290. The van der Waals surface area contributed by atoms with E-state index in [-0.39, 0.29) is 30.1 Å². The lowest BCUT2D eigenvalue weighted by atomic mass is 10.0. The van der Waals surface area contributed by atoms with Crippen LogP contribution in [-0.4, -0.2) is 42.8 Å². The van der Waals surface area contributed by atoms with Crippen LogP contribution < -0.4 is 9.46 Å². The predicted octanol–water partition coefficient (Wildman–Crippen LogP) is 3.55. The maximum absolute atomic E-state index is 14.6. The third-order valence-corrected chi connectivity index (χ3v) is 5.56. The maximum Gasteiger partial charge on any atom is 0.335 e. The number of carbonyl (C=O) groups is 1. The molecule has 0 fully saturated rings. The predicted molar refractivity (Wildman–Crippen MR) is 111 cm³/mol. The fourth-order valence-corrected chi connectivity index (χ4v) is 4.05. The summed E-state index contributed by atoms with van der Waals surface area (Å²) < 4.78 is 61.6. The number of hydrogen-bond donors (Lipinski definition) is 3. The molecule has 168 valence electrons. The molecule has 0 radical (unpaired) electrons. The monoisotopic (exact) mass is 484 g/mol. The van der Waals surface area contributed by atoms with Gasteiger partial charge < -0.3 is 14.9 Å². The largest absolute Gasteiger partial charge is 0.491 e. The summed E-state index contributed by atoms with van der Waals surface area (Å²) in [6, 6.07) is 9.25. The van der Waals surface area contributed by atoms with E-state index >= 15 is 0 Å². The van der Waals surface area contributed by atoms with Gasteiger partial charge in [-0.05, 0) is 24.3 Å². The van der Waals surface area contributed by atoms with Gasteiger partial charge in [0.15, 0.2) is 5.03 Å². The lowest BCUT2D eigenvalue weighted by Gasteiger charge is -2.14. The number of nitrogens with zero attached hydrogens (tertiary/aromatic N) is 1. The van der Waals surface area contributed by atoms with Crippen molar-refractivity contribution in [2.45, 2.75) is 5.03 Å². The molecule has 32 heavy (non-hydrogen) atoms. The van der Waals surface area contributed by atoms with Crippen molar-refractivity contribution in [3.63, 3.8) is 0 Å². The molecule has 0 bridgehead atoms. The standard InChI is InChI=1S/C20H15ClF2N2O6S/c21-18-7-11(20(27)28)8-19(24-18)32(29,30)25-16-9-13(14(22)10-15(16)23)12-3-1-2-4-17(12)31-6-5-26/h1-4,7-10,25-26H,5-6H2,(H,27,28). The van der Waals surface area contributed by atoms with E-state index in [4.69, 9.17) is 26.6 Å². The van der Waals surface area contributed by atoms with Gasteiger partial charge in [0, 0.05) is 17.2 Å². The number of carboxylic acid groups (broad SMARTS) is 1. The molecule has 1 aromatic heterocycles. The number of halogens is 3. The summed E-state index contributed by atoms with van der Waals surface area (Å²) in [6.45, 7) is -0.373. The highest BCUT2D eigenvalue weighted by Gasteiger charge is 2.23. The van der Waals surface area contributed by atoms with Gasteiger partial charge in [-0.1, -0.05) is 29.8 Å². The van der Waals surface area contributed by atoms with Crippen LogP contribution in [0.25, 0.3) is 11.1 Å². The highest BCUT2D eigenvalue weighted by atomic mass is 35.5. The van der Waals surface area contributed by atoms with Crippen LogP contribution in [0.15, 0.2) is 53.6 Å². The van der Waals surface area contributed by atoms with E-state index in [1.54, 1.807) is 12.1 Å². The van der Waals surface area contributed by atoms with Crippen LogP contribution in [0.2, 0.25) is 5.15 Å². The van der Waals surface area contributed by atoms with E-state index in [0.29, 0.717) is 6.07 Å². The molecule has 0 aliphatic carbocycles. The minimum atomic E-state index is -4.59. The van der Waals surface area contributed by atoms with E-state index in [2.05, 4.69) is 4.98 Å². The Labute approximate surface area is 186 Å². The smallest absolute Gasteiger partial charge is 0.335 e. The second-order valence-electron chi connectivity index (χ2n) is 6.31. The van der Waals surface area contributed by atoms with Crippen LogP contribution in [0.3, 0.4) is 0 Å². The zero-order valence-corrected chi connectivity index (χ0v) is 17.6. The third kappa shape index (κ3) is 5.13. The maximum atomic E-state index is 14.6. The Morgan fingerprint density at radius 2 is 1.81 bits per heavy atom. The average Bonchev–Trinajstić information content (AvgIpc) is 2.74. The van der Waals surface area contributed by atoms with Crippen molar-refractivity contribution in [1.82, 2.24) is 4.98 Å². The molecule has 1 heterocycles. The van der Waals surface area contributed by atoms with E-state index < -0.39 is 49.1 Å². The summed E-state index contributed by atoms with van der Waals surface area (Å²) in [6.07, 6.45) is 0. The van der Waals surface area contributed by atoms with Crippen molar-refractivity contribution in [2.24, 2.45) is 0 Å². The highest BCUT2D eigenvalue weighted by molar-refractivity contribution is 7.92. The number of aliphatic hydroxyl groups excluding tert-OH is 1. The number of hydrogen-bond acceptors (Lipinski definition) is 6. The molecular formula is C20H15ClF2N2O6S. The van der Waals surface area contributed by atoms with Crippen molar-refractivity contribution in [2.75, 3.05) is 17.9 Å². The second-order valence-corrected chi connectivity index (χ2v) is 8.32. The molecule has 2 aromatic carbocycles. The number of anilines is 1. The van der Waals surface area contributed by atoms with Crippen LogP contribution in [-0.2, 0) is 10.0 Å². The number of para-hydroxylation sites is 1. The molecule has 3 N–H and O–H groups in total. The normalized spacial score (nSPS) is 11.2. The number of ether oxygens (including phenoxy) is 1. The number of nitrogens with one attached hydrogen (secondary N) is 1. The molecule has 0 saturated heterocycles. The summed E-state index contributed by atoms with van der Waals surface area (Å²) in [7, 11) is -4.59. The van der Waals surface area contributed by atoms with Crippen molar-refractivity contribution in [3.8, 4) is 16.9 Å². The Kier molecular flexibility index (Phi) is 6.92. The van der Waals surface area contributed by atoms with Crippen molar-refractivity contribution in [3.05, 3.63) is 70.9 Å². The fourth-order valence-electron chi connectivity index (χ4n) is 2.74. The summed E-state index contributed by atoms with van der Waals surface area (Å²) in [4.78, 5) is 14.7. The van der Waals surface area contributed by atoms with Crippen molar-refractivity contribution in [1.29, 1.82) is 0 Å². The number of pyridine rings is 1. The van der Waals surface area contributed by atoms with Crippen LogP contribution in [0, 0.1) is 11.6 Å². The number of rotatable bonds is 8. The molecule has 8 nitrogen and oxygen atoms in total. The summed E-state index contributed by atoms with van der Waals surface area (Å²) in [5.74, 6) is -3.47. The molecule has 0 aliphatic rings. The SMILES string of the molecule is O=C(O)c1cc(Cl)nc(S(=O)(=O)Nc2cc(-c3ccccc3OCCO)c(F)cc2F)c1. The van der Waals surface area contributed by atoms with Gasteiger partial charge in [0.05, 0.1) is 17.9 Å². The van der Waals surface area contributed by atoms with Gasteiger partial charge >= 0.3 is 5.97 Å². The van der Waals surface area contributed by atoms with E-state index in [9.17, 15) is 22.0 Å². The molecule has 0 unspecified atom stereocenters. The highest BCUT2D eigenvalue weighted by Crippen LogP contribution is 2.35. The zero-order valence-electron chi connectivity index (χ0n) is 16.0. The summed E-state index contributed by atoms with van der Waals surface area (Å²) >= 11 is 5.70. The van der Waals surface area contributed by atoms with Gasteiger partial charge in [0.1, 0.15) is 29.1 Å². The number of benzene rings is 2. The third-order valence-electron chi connectivity index (χ3n) is 4.12. The van der Waals surface area contributed by atoms with Gasteiger partial charge in [-0.3, -0.25) is 4.72 Å². The van der Waals surface area contributed by atoms with Gasteiger partial charge in [-0.2, -0.15) is 8.42 Å². The molecule has 12 heteroatoms. The Hall–Kier alpha value is -3.28. The topological polar surface area (TPSA) is 126 Å². The van der Waals surface area contributed by atoms with Crippen LogP contribution in [0.1, 0.15) is 10.4 Å². The second kappa shape index (κ2) is 9.47. The van der Waals surface area contributed by atoms with E-state index in [0.717, 1.165) is 18.2 Å². The number of aromatic nitrogens is 1. The lowest BCUT2D eigenvalue weighted by Crippen LogP contribution is -2.17. The summed E-state index contributed by atoms with van der Waals surface area (Å²) in [5.41, 5.74) is -1.05. The minimum Gasteiger partial charge on any atom is -0.491 e. The first-order chi connectivity index (χ1) is 15.1. The minimum absolute atomic E-state index is 0.0777. The quantitative estimate of drug-likeness (QED) is 0.417. The Morgan fingerprint density at radius 1 is 1.09 bits per heavy atom. The molecule has 3 rings (SSSR count). The summed E-state index contributed by atoms with van der Waals surface area (Å²) in [5, 5.41) is 16.9. The van der Waals surface area contributed by atoms with Crippen LogP contribution in [0.4, 0.5) is 14.5 Å². The Balaban J connectivity index is 2.05. The molecule has 0 aliphatic heterocycles. The van der Waals surface area contributed by atoms with Crippen LogP contribution in [0.5, 0.6) is 5.75 Å². The molecule has 0 spiro atoms. The van der Waals surface area contributed by atoms with Gasteiger partial charge in [-0.15, -0.1) is 0 Å². The fraction of sp³-hybridized carbons (Fsp3) is 0.100. The lowest BCUT2D eigenvalue weighted by molar-refractivity contribution is 0.0696. The molecular weight excluding hydrogens is 470 g/mol. The van der Waals surface area contributed by atoms with Gasteiger partial charge in [-0.25, -0.2) is 18.6 Å². The number of carboxylic acids is 1. The first kappa shape index (κ1) is 23.4. The average molecular weight is 485 g/mol. The van der Waals surface area contributed by atoms with E-state index in [1.807, 2.05) is 4.72 Å². The van der Waals surface area contributed by atoms with E-state index in [1.165, 1.54) is 12.1 Å². The number of aromatic carboxylic acids is 1. The van der Waals surface area contributed by atoms with Crippen molar-refractivity contribution < 1.29 is 36.9 Å². The first-order valence-corrected chi connectivity index (χ1v) is 10.7.